The fourth-order valence-electron chi connectivity index (χ4n) is 4.42. The molecule has 0 bridgehead atoms. The number of aryl methyl sites for hydroxylation is 1. The van der Waals surface area contributed by atoms with Gasteiger partial charge < -0.3 is 35.7 Å². The molecule has 1 amide bonds. The molecule has 2 rings (SSSR count). The molecule has 224 valence electrons. The molecule has 0 spiro atoms. The second kappa shape index (κ2) is 18.7. The normalized spacial score (nSPS) is 15.1. The lowest BCUT2D eigenvalue weighted by Crippen LogP contribution is -2.48. The number of anilines is 1. The molecule has 0 fully saturated rings. The minimum absolute atomic E-state index is 0.0562. The van der Waals surface area contributed by atoms with E-state index in [9.17, 15) is 9.90 Å². The number of benzene rings is 2. The van der Waals surface area contributed by atoms with Crippen molar-refractivity contribution in [2.24, 2.45) is 17.6 Å². The number of hydrogen-bond acceptors (Lipinski definition) is 7. The standard InChI is InChI=1S/C32H51N3O5/c1-6-23(2)30(20-34-28-11-8-7-9-12-28)35-32(37)29(25(4)36)16-15-27(33)22-39-21-26-14-13-24(3)31(19-26)40-18-10-17-38-5/h7-9,11-14,19,23,25,27,29-30,34,36H,6,10,15-18,20-22,33H2,1-5H3,(H,35,37)/t23?,25?,27?,29-,30?/m0/s1. The van der Waals surface area contributed by atoms with Crippen molar-refractivity contribution in [3.8, 4) is 5.75 Å². The number of hydrogen-bond donors (Lipinski definition) is 4. The van der Waals surface area contributed by atoms with E-state index in [1.807, 2.05) is 55.5 Å². The van der Waals surface area contributed by atoms with Crippen LogP contribution < -0.4 is 21.1 Å². The number of nitrogens with two attached hydrogens (primary N) is 1. The highest BCUT2D eigenvalue weighted by atomic mass is 16.5. The predicted molar refractivity (Wildman–Crippen MR) is 162 cm³/mol. The number of ether oxygens (including phenoxy) is 3. The molecule has 0 saturated heterocycles. The van der Waals surface area contributed by atoms with Gasteiger partial charge in [0, 0.05) is 44.5 Å². The highest BCUT2D eigenvalue weighted by molar-refractivity contribution is 5.79. The molecule has 8 nitrogen and oxygen atoms in total. The number of aliphatic hydroxyl groups is 1. The first-order valence-electron chi connectivity index (χ1n) is 14.6. The van der Waals surface area contributed by atoms with Gasteiger partial charge in [-0.2, -0.15) is 0 Å². The zero-order valence-corrected chi connectivity index (χ0v) is 25.0. The second-order valence-electron chi connectivity index (χ2n) is 10.7. The van der Waals surface area contributed by atoms with Gasteiger partial charge in [-0.15, -0.1) is 0 Å². The van der Waals surface area contributed by atoms with Crippen molar-refractivity contribution in [3.05, 3.63) is 59.7 Å². The molecule has 0 saturated carbocycles. The van der Waals surface area contributed by atoms with Gasteiger partial charge in [0.15, 0.2) is 0 Å². The summed E-state index contributed by atoms with van der Waals surface area (Å²) >= 11 is 0. The average Bonchev–Trinajstić information content (AvgIpc) is 2.94. The van der Waals surface area contributed by atoms with E-state index < -0.39 is 12.0 Å². The number of nitrogens with one attached hydrogen (secondary N) is 2. The van der Waals surface area contributed by atoms with E-state index in [0.717, 1.165) is 35.4 Å². The molecule has 0 heterocycles. The summed E-state index contributed by atoms with van der Waals surface area (Å²) in [6, 6.07) is 15.7. The van der Waals surface area contributed by atoms with Crippen LogP contribution in [0.15, 0.2) is 48.5 Å². The Morgan fingerprint density at radius 1 is 1.07 bits per heavy atom. The zero-order valence-electron chi connectivity index (χ0n) is 25.0. The van der Waals surface area contributed by atoms with Crippen LogP contribution in [0.4, 0.5) is 5.69 Å². The number of aliphatic hydroxyl groups excluding tert-OH is 1. The van der Waals surface area contributed by atoms with E-state index in [-0.39, 0.29) is 23.9 Å². The summed E-state index contributed by atoms with van der Waals surface area (Å²) in [5.41, 5.74) is 9.44. The maximum Gasteiger partial charge on any atom is 0.225 e. The number of rotatable bonds is 20. The fraction of sp³-hybridized carbons (Fsp3) is 0.594. The number of methoxy groups -OCH3 is 1. The van der Waals surface area contributed by atoms with Crippen molar-refractivity contribution in [2.45, 2.75) is 78.2 Å². The van der Waals surface area contributed by atoms with Gasteiger partial charge in [-0.3, -0.25) is 4.79 Å². The van der Waals surface area contributed by atoms with Crippen LogP contribution in [0.25, 0.3) is 0 Å². The van der Waals surface area contributed by atoms with Gasteiger partial charge >= 0.3 is 0 Å². The number of carbonyl (C=O) groups is 1. The molecule has 8 heteroatoms. The van der Waals surface area contributed by atoms with Crippen LogP contribution >= 0.6 is 0 Å². The van der Waals surface area contributed by atoms with Crippen molar-refractivity contribution in [2.75, 3.05) is 38.8 Å². The molecule has 2 aromatic rings. The first-order valence-corrected chi connectivity index (χ1v) is 14.6. The highest BCUT2D eigenvalue weighted by Gasteiger charge is 2.28. The summed E-state index contributed by atoms with van der Waals surface area (Å²) in [7, 11) is 1.68. The van der Waals surface area contributed by atoms with Gasteiger partial charge in [0.2, 0.25) is 5.91 Å². The lowest BCUT2D eigenvalue weighted by molar-refractivity contribution is -0.129. The summed E-state index contributed by atoms with van der Waals surface area (Å²) < 4.78 is 16.8. The Labute approximate surface area is 241 Å². The minimum Gasteiger partial charge on any atom is -0.493 e. The van der Waals surface area contributed by atoms with Crippen LogP contribution in [0.5, 0.6) is 5.75 Å². The Hall–Kier alpha value is -2.65. The van der Waals surface area contributed by atoms with Gasteiger partial charge in [0.05, 0.1) is 31.8 Å². The quantitative estimate of drug-likeness (QED) is 0.175. The van der Waals surface area contributed by atoms with Crippen molar-refractivity contribution >= 4 is 11.6 Å². The lowest BCUT2D eigenvalue weighted by Gasteiger charge is -2.29. The largest absolute Gasteiger partial charge is 0.493 e. The van der Waals surface area contributed by atoms with Crippen LogP contribution in [0.3, 0.4) is 0 Å². The van der Waals surface area contributed by atoms with Crippen molar-refractivity contribution in [3.63, 3.8) is 0 Å². The van der Waals surface area contributed by atoms with Crippen molar-refractivity contribution in [1.29, 1.82) is 0 Å². The Balaban J connectivity index is 1.82. The molecule has 2 aromatic carbocycles. The predicted octanol–water partition coefficient (Wildman–Crippen LogP) is 4.67. The third-order valence-corrected chi connectivity index (χ3v) is 7.33. The Morgan fingerprint density at radius 2 is 1.82 bits per heavy atom. The average molecular weight is 558 g/mol. The van der Waals surface area contributed by atoms with Gasteiger partial charge in [0.25, 0.3) is 0 Å². The zero-order chi connectivity index (χ0) is 29.3. The fourth-order valence-corrected chi connectivity index (χ4v) is 4.42. The lowest BCUT2D eigenvalue weighted by atomic mass is 9.92. The van der Waals surface area contributed by atoms with E-state index in [0.29, 0.717) is 45.8 Å². The van der Waals surface area contributed by atoms with Gasteiger partial charge in [-0.05, 0) is 61.9 Å². The topological polar surface area (TPSA) is 115 Å². The third kappa shape index (κ3) is 12.3. The molecular weight excluding hydrogens is 506 g/mol. The van der Waals surface area contributed by atoms with E-state index in [2.05, 4.69) is 24.5 Å². The second-order valence-corrected chi connectivity index (χ2v) is 10.7. The Bertz CT molecular complexity index is 972. The summed E-state index contributed by atoms with van der Waals surface area (Å²) in [5.74, 6) is 0.454. The van der Waals surface area contributed by atoms with Crippen LogP contribution in [-0.4, -0.2) is 62.7 Å². The first kappa shape index (κ1) is 33.6. The smallest absolute Gasteiger partial charge is 0.225 e. The first-order chi connectivity index (χ1) is 19.2. The summed E-state index contributed by atoms with van der Waals surface area (Å²) in [6.45, 7) is 10.6. The number of para-hydroxylation sites is 1. The monoisotopic (exact) mass is 557 g/mol. The van der Waals surface area contributed by atoms with Gasteiger partial charge in [-0.25, -0.2) is 0 Å². The molecule has 5 N–H and O–H groups in total. The van der Waals surface area contributed by atoms with E-state index in [1.54, 1.807) is 14.0 Å². The van der Waals surface area contributed by atoms with Crippen LogP contribution in [0.1, 0.15) is 57.6 Å². The van der Waals surface area contributed by atoms with Crippen LogP contribution in [-0.2, 0) is 20.9 Å². The maximum atomic E-state index is 13.2. The SMILES string of the molecule is CCC(C)C(CNc1ccccc1)NC(=O)[C@@H](CCC(N)COCc1ccc(C)c(OCCCOC)c1)C(C)O. The molecule has 0 radical (unpaired) electrons. The van der Waals surface area contributed by atoms with Crippen LogP contribution in [0.2, 0.25) is 0 Å². The maximum absolute atomic E-state index is 13.2. The molecule has 0 aliphatic carbocycles. The third-order valence-electron chi connectivity index (χ3n) is 7.33. The molecule has 40 heavy (non-hydrogen) atoms. The minimum atomic E-state index is -0.775. The molecule has 5 atom stereocenters. The number of carbonyl (C=O) groups excluding carboxylic acids is 1. The summed E-state index contributed by atoms with van der Waals surface area (Å²) in [5, 5.41) is 17.0. The van der Waals surface area contributed by atoms with E-state index in [1.165, 1.54) is 0 Å². The molecule has 0 aliphatic rings. The van der Waals surface area contributed by atoms with E-state index in [4.69, 9.17) is 19.9 Å². The summed E-state index contributed by atoms with van der Waals surface area (Å²) in [6.07, 6.45) is 2.05. The Kier molecular flexibility index (Phi) is 15.6. The van der Waals surface area contributed by atoms with Crippen molar-refractivity contribution in [1.82, 2.24) is 5.32 Å². The van der Waals surface area contributed by atoms with Crippen molar-refractivity contribution < 1.29 is 24.1 Å². The van der Waals surface area contributed by atoms with Gasteiger partial charge in [-0.1, -0.05) is 50.6 Å². The number of amides is 1. The van der Waals surface area contributed by atoms with Crippen LogP contribution in [0, 0.1) is 18.8 Å². The van der Waals surface area contributed by atoms with E-state index >= 15 is 0 Å². The summed E-state index contributed by atoms with van der Waals surface area (Å²) in [4.78, 5) is 13.2. The molecule has 0 aliphatic heterocycles. The molecule has 0 aromatic heterocycles. The van der Waals surface area contributed by atoms with Gasteiger partial charge in [0.1, 0.15) is 5.75 Å². The molecule has 4 unspecified atom stereocenters. The molecular formula is C32H51N3O5. The highest BCUT2D eigenvalue weighted by Crippen LogP contribution is 2.21. The Morgan fingerprint density at radius 3 is 2.50 bits per heavy atom.